The lowest BCUT2D eigenvalue weighted by Gasteiger charge is -2.26. The minimum Gasteiger partial charge on any atom is -0.480 e. The van der Waals surface area contributed by atoms with Gasteiger partial charge in [0.05, 0.1) is 11.8 Å². The summed E-state index contributed by atoms with van der Waals surface area (Å²) in [6, 6.07) is 8.81. The average Bonchev–Trinajstić information content (AvgIpc) is 3.01. The van der Waals surface area contributed by atoms with Crippen LogP contribution in [0.2, 0.25) is 0 Å². The van der Waals surface area contributed by atoms with Gasteiger partial charge < -0.3 is 10.0 Å². The summed E-state index contributed by atoms with van der Waals surface area (Å²) in [4.78, 5) is 36.8. The van der Waals surface area contributed by atoms with Crippen LogP contribution in [0.15, 0.2) is 30.3 Å². The minimum absolute atomic E-state index is 0.0403. The summed E-state index contributed by atoms with van der Waals surface area (Å²) in [7, 11) is 0. The topological polar surface area (TPSA) is 74.7 Å². The molecule has 0 unspecified atom stereocenters. The third-order valence-electron chi connectivity index (χ3n) is 3.61. The van der Waals surface area contributed by atoms with Crippen LogP contribution in [-0.4, -0.2) is 50.4 Å². The lowest BCUT2D eigenvalue weighted by Crippen LogP contribution is -2.45. The van der Waals surface area contributed by atoms with Crippen molar-refractivity contribution in [3.63, 3.8) is 0 Å². The van der Waals surface area contributed by atoms with E-state index < -0.39 is 17.9 Å². The van der Waals surface area contributed by atoms with Crippen molar-refractivity contribution in [1.29, 1.82) is 0 Å². The van der Waals surface area contributed by atoms with Gasteiger partial charge in [-0.1, -0.05) is 42.1 Å². The van der Waals surface area contributed by atoms with E-state index in [0.29, 0.717) is 23.8 Å². The molecule has 7 heteroatoms. The number of benzene rings is 1. The largest absolute Gasteiger partial charge is 0.480 e. The van der Waals surface area contributed by atoms with Crippen LogP contribution in [0.3, 0.4) is 0 Å². The number of carboxylic acids is 1. The molecule has 0 aliphatic carbocycles. The number of carbonyl (C=O) groups excluding carboxylic acids is 2. The summed E-state index contributed by atoms with van der Waals surface area (Å²) in [5.41, 5.74) is 1.01. The number of aliphatic carboxylic acids is 1. The SMILES string of the molecule is CC(=O)SC[C@@H](Cc1ccccc1)C(=O)N1CSC[C@@H]1C(=O)O. The first-order valence-electron chi connectivity index (χ1n) is 7.27. The van der Waals surface area contributed by atoms with Gasteiger partial charge in [-0.25, -0.2) is 4.79 Å². The predicted octanol–water partition coefficient (Wildman–Crippen LogP) is 2.11. The van der Waals surface area contributed by atoms with E-state index in [1.54, 1.807) is 0 Å². The summed E-state index contributed by atoms with van der Waals surface area (Å²) < 4.78 is 0. The fourth-order valence-electron chi connectivity index (χ4n) is 2.43. The van der Waals surface area contributed by atoms with E-state index in [2.05, 4.69) is 0 Å². The summed E-state index contributed by atoms with van der Waals surface area (Å²) >= 11 is 2.56. The van der Waals surface area contributed by atoms with Gasteiger partial charge in [-0.2, -0.15) is 0 Å². The number of nitrogens with zero attached hydrogens (tertiary/aromatic N) is 1. The Morgan fingerprint density at radius 2 is 2.04 bits per heavy atom. The predicted molar refractivity (Wildman–Crippen MR) is 92.4 cm³/mol. The maximum absolute atomic E-state index is 12.8. The second-order valence-electron chi connectivity index (χ2n) is 5.35. The molecular weight excluding hydrogens is 334 g/mol. The van der Waals surface area contributed by atoms with Crippen molar-refractivity contribution in [2.75, 3.05) is 17.4 Å². The number of carbonyl (C=O) groups is 3. The molecule has 0 spiro atoms. The molecule has 1 aliphatic heterocycles. The highest BCUT2D eigenvalue weighted by molar-refractivity contribution is 8.13. The Labute approximate surface area is 143 Å². The first-order valence-corrected chi connectivity index (χ1v) is 9.41. The van der Waals surface area contributed by atoms with Gasteiger partial charge >= 0.3 is 5.97 Å². The quantitative estimate of drug-likeness (QED) is 0.844. The molecule has 0 radical (unpaired) electrons. The second kappa shape index (κ2) is 8.40. The van der Waals surface area contributed by atoms with Crippen molar-refractivity contribution in [3.05, 3.63) is 35.9 Å². The van der Waals surface area contributed by atoms with E-state index in [1.165, 1.54) is 23.6 Å². The molecule has 1 N–H and O–H groups in total. The molecule has 124 valence electrons. The molecule has 0 bridgehead atoms. The Morgan fingerprint density at radius 3 is 2.65 bits per heavy atom. The number of rotatable bonds is 6. The fourth-order valence-corrected chi connectivity index (χ4v) is 4.28. The molecule has 0 aromatic heterocycles. The van der Waals surface area contributed by atoms with Crippen LogP contribution in [-0.2, 0) is 20.8 Å². The molecule has 1 aliphatic rings. The zero-order chi connectivity index (χ0) is 16.8. The maximum atomic E-state index is 12.8. The normalized spacial score (nSPS) is 18.7. The molecule has 1 fully saturated rings. The molecule has 2 rings (SSSR count). The van der Waals surface area contributed by atoms with E-state index in [4.69, 9.17) is 0 Å². The third kappa shape index (κ3) is 5.00. The van der Waals surface area contributed by atoms with Crippen molar-refractivity contribution in [3.8, 4) is 0 Å². The number of hydrogen-bond acceptors (Lipinski definition) is 5. The third-order valence-corrected chi connectivity index (χ3v) is 5.60. The maximum Gasteiger partial charge on any atom is 0.327 e. The molecule has 1 amide bonds. The van der Waals surface area contributed by atoms with E-state index >= 15 is 0 Å². The molecule has 0 saturated carbocycles. The Kier molecular flexibility index (Phi) is 6.53. The van der Waals surface area contributed by atoms with Gasteiger partial charge in [0.1, 0.15) is 6.04 Å². The summed E-state index contributed by atoms with van der Waals surface area (Å²) in [6.07, 6.45) is 0.507. The number of thioether (sulfide) groups is 2. The Morgan fingerprint density at radius 1 is 1.35 bits per heavy atom. The highest BCUT2D eigenvalue weighted by Gasteiger charge is 2.37. The van der Waals surface area contributed by atoms with Gasteiger partial charge in [-0.05, 0) is 12.0 Å². The molecule has 1 aromatic carbocycles. The lowest BCUT2D eigenvalue weighted by molar-refractivity contribution is -0.149. The molecule has 2 atom stereocenters. The Bertz CT molecular complexity index is 579. The zero-order valence-electron chi connectivity index (χ0n) is 12.8. The van der Waals surface area contributed by atoms with Crippen LogP contribution in [0.5, 0.6) is 0 Å². The van der Waals surface area contributed by atoms with E-state index in [-0.39, 0.29) is 11.0 Å². The van der Waals surface area contributed by atoms with Crippen LogP contribution >= 0.6 is 23.5 Å². The smallest absolute Gasteiger partial charge is 0.327 e. The van der Waals surface area contributed by atoms with Crippen molar-refractivity contribution in [2.24, 2.45) is 5.92 Å². The standard InChI is InChI=1S/C16H19NO4S2/c1-11(18)23-8-13(7-12-5-3-2-4-6-12)15(19)17-10-22-9-14(17)16(20)21/h2-6,13-14H,7-10H2,1H3,(H,20,21)/t13-,14-/m1/s1. The fraction of sp³-hybridized carbons (Fsp3) is 0.438. The van der Waals surface area contributed by atoms with E-state index in [0.717, 1.165) is 17.3 Å². The lowest BCUT2D eigenvalue weighted by atomic mass is 9.99. The van der Waals surface area contributed by atoms with Gasteiger partial charge in [0.15, 0.2) is 5.12 Å². The van der Waals surface area contributed by atoms with Crippen molar-refractivity contribution >= 4 is 40.5 Å². The summed E-state index contributed by atoms with van der Waals surface area (Å²) in [6.45, 7) is 1.47. The van der Waals surface area contributed by atoms with Crippen molar-refractivity contribution in [1.82, 2.24) is 4.90 Å². The number of amides is 1. The molecule has 1 heterocycles. The molecule has 1 aromatic rings. The number of carboxylic acid groups (broad SMARTS) is 1. The van der Waals surface area contributed by atoms with E-state index in [1.807, 2.05) is 30.3 Å². The Balaban J connectivity index is 2.13. The van der Waals surface area contributed by atoms with Gasteiger partial charge in [-0.3, -0.25) is 9.59 Å². The second-order valence-corrected chi connectivity index (χ2v) is 7.55. The summed E-state index contributed by atoms with van der Waals surface area (Å²) in [5.74, 6) is -0.366. The molecular formula is C16H19NO4S2. The van der Waals surface area contributed by atoms with Gasteiger partial charge in [0.25, 0.3) is 0 Å². The van der Waals surface area contributed by atoms with Crippen LogP contribution < -0.4 is 0 Å². The van der Waals surface area contributed by atoms with Gasteiger partial charge in [-0.15, -0.1) is 11.8 Å². The monoisotopic (exact) mass is 353 g/mol. The zero-order valence-corrected chi connectivity index (χ0v) is 14.4. The molecule has 5 nitrogen and oxygen atoms in total. The number of hydrogen-bond donors (Lipinski definition) is 1. The highest BCUT2D eigenvalue weighted by atomic mass is 32.2. The van der Waals surface area contributed by atoms with Crippen LogP contribution in [0.1, 0.15) is 12.5 Å². The van der Waals surface area contributed by atoms with Crippen molar-refractivity contribution in [2.45, 2.75) is 19.4 Å². The molecule has 23 heavy (non-hydrogen) atoms. The van der Waals surface area contributed by atoms with Crippen LogP contribution in [0, 0.1) is 5.92 Å². The first-order chi connectivity index (χ1) is 11.0. The van der Waals surface area contributed by atoms with Crippen LogP contribution in [0.4, 0.5) is 0 Å². The van der Waals surface area contributed by atoms with Crippen LogP contribution in [0.25, 0.3) is 0 Å². The Hall–Kier alpha value is -1.47. The van der Waals surface area contributed by atoms with Crippen molar-refractivity contribution < 1.29 is 19.5 Å². The first kappa shape index (κ1) is 17.9. The van der Waals surface area contributed by atoms with Gasteiger partial charge in [0, 0.05) is 18.4 Å². The average molecular weight is 353 g/mol. The molecule has 1 saturated heterocycles. The highest BCUT2D eigenvalue weighted by Crippen LogP contribution is 2.26. The summed E-state index contributed by atoms with van der Waals surface area (Å²) in [5, 5.41) is 9.22. The minimum atomic E-state index is -0.971. The van der Waals surface area contributed by atoms with Gasteiger partial charge in [0.2, 0.25) is 5.91 Å². The van der Waals surface area contributed by atoms with E-state index in [9.17, 15) is 19.5 Å².